The van der Waals surface area contributed by atoms with Gasteiger partial charge in [0.1, 0.15) is 8.24 Å². The molecule has 1 aliphatic rings. The largest absolute Gasteiger partial charge is 0.335 e. The predicted molar refractivity (Wildman–Crippen MR) is 57.9 cm³/mol. The minimum Gasteiger partial charge on any atom is -0.335 e. The Morgan fingerprint density at radius 3 is 1.92 bits per heavy atom. The first kappa shape index (κ1) is 10.3. The third-order valence-corrected chi connectivity index (χ3v) is 3.93. The first-order chi connectivity index (χ1) is 5.47. The van der Waals surface area contributed by atoms with Crippen LogP contribution in [-0.2, 0) is 0 Å². The molecule has 0 aromatic rings. The first-order valence-electron chi connectivity index (χ1n) is 5.25. The zero-order chi connectivity index (χ0) is 9.19. The Morgan fingerprint density at radius 2 is 1.50 bits per heavy atom. The summed E-state index contributed by atoms with van der Waals surface area (Å²) in [7, 11) is -1.02. The fraction of sp³-hybridized carbons (Fsp3) is 1.00. The summed E-state index contributed by atoms with van der Waals surface area (Å²) in [4.78, 5) is 3.82. The molecule has 0 unspecified atom stereocenters. The highest BCUT2D eigenvalue weighted by atomic mass is 28.3. The van der Waals surface area contributed by atoms with Gasteiger partial charge in [-0.2, -0.15) is 0 Å². The lowest BCUT2D eigenvalue weighted by Gasteiger charge is -2.32. The summed E-state index contributed by atoms with van der Waals surface area (Å²) in [5.74, 6) is 0.977. The van der Waals surface area contributed by atoms with Crippen LogP contribution in [0.2, 0.25) is 19.6 Å². The second-order valence-electron chi connectivity index (χ2n) is 5.35. The summed E-state index contributed by atoms with van der Waals surface area (Å²) in [5, 5.41) is 0. The van der Waals surface area contributed by atoms with Gasteiger partial charge in [-0.1, -0.05) is 26.6 Å². The molecule has 0 heterocycles. The van der Waals surface area contributed by atoms with Crippen LogP contribution in [0.15, 0.2) is 0 Å². The van der Waals surface area contributed by atoms with Gasteiger partial charge in [-0.15, -0.1) is 0 Å². The molecule has 0 amide bonds. The van der Waals surface area contributed by atoms with Gasteiger partial charge in [0, 0.05) is 6.04 Å². The standard InChI is InChI=1S/C10H23NSi/c1-9-5-7-10(8-6-9)11-12(2,3)4/h9-11H,5-8H2,1-4H3. The van der Waals surface area contributed by atoms with E-state index in [1.807, 2.05) is 0 Å². The van der Waals surface area contributed by atoms with Crippen LogP contribution in [0.25, 0.3) is 0 Å². The molecule has 2 heteroatoms. The Labute approximate surface area is 78.0 Å². The van der Waals surface area contributed by atoms with Gasteiger partial charge in [-0.05, 0) is 31.6 Å². The molecule has 0 atom stereocenters. The highest BCUT2D eigenvalue weighted by Gasteiger charge is 2.22. The van der Waals surface area contributed by atoms with Gasteiger partial charge in [-0.25, -0.2) is 0 Å². The third-order valence-electron chi connectivity index (χ3n) is 2.65. The van der Waals surface area contributed by atoms with Crippen molar-refractivity contribution in [1.29, 1.82) is 0 Å². The molecule has 0 aromatic heterocycles. The normalized spacial score (nSPS) is 32.0. The molecule has 1 nitrogen and oxygen atoms in total. The molecule has 1 N–H and O–H groups in total. The van der Waals surface area contributed by atoms with Crippen molar-refractivity contribution >= 4 is 8.24 Å². The smallest absolute Gasteiger partial charge is 0.116 e. The topological polar surface area (TPSA) is 12.0 Å². The quantitative estimate of drug-likeness (QED) is 0.652. The molecule has 1 fully saturated rings. The number of rotatable bonds is 2. The Balaban J connectivity index is 2.26. The van der Waals surface area contributed by atoms with Crippen LogP contribution in [0, 0.1) is 5.92 Å². The second kappa shape index (κ2) is 3.92. The Hall–Kier alpha value is 0.177. The summed E-state index contributed by atoms with van der Waals surface area (Å²) < 4.78 is 0. The minimum atomic E-state index is -1.02. The van der Waals surface area contributed by atoms with Crippen molar-refractivity contribution in [2.24, 2.45) is 5.92 Å². The highest BCUT2D eigenvalue weighted by Crippen LogP contribution is 2.24. The third kappa shape index (κ3) is 3.72. The fourth-order valence-corrected chi connectivity index (χ4v) is 3.53. The predicted octanol–water partition coefficient (Wildman–Crippen LogP) is 2.99. The van der Waals surface area contributed by atoms with Crippen molar-refractivity contribution in [2.45, 2.75) is 58.3 Å². The van der Waals surface area contributed by atoms with Crippen molar-refractivity contribution in [3.05, 3.63) is 0 Å². The lowest BCUT2D eigenvalue weighted by Crippen LogP contribution is -2.48. The minimum absolute atomic E-state index is 0.841. The van der Waals surface area contributed by atoms with Gasteiger partial charge < -0.3 is 4.98 Å². The summed E-state index contributed by atoms with van der Waals surface area (Å²) in [5.41, 5.74) is 0. The monoisotopic (exact) mass is 185 g/mol. The van der Waals surface area contributed by atoms with Crippen LogP contribution in [0.5, 0.6) is 0 Å². The molecule has 1 rings (SSSR count). The molecule has 0 aromatic carbocycles. The highest BCUT2D eigenvalue weighted by molar-refractivity contribution is 6.73. The van der Waals surface area contributed by atoms with E-state index < -0.39 is 8.24 Å². The number of nitrogens with one attached hydrogen (secondary N) is 1. The van der Waals surface area contributed by atoms with E-state index in [9.17, 15) is 0 Å². The molecule has 12 heavy (non-hydrogen) atoms. The van der Waals surface area contributed by atoms with E-state index in [0.29, 0.717) is 0 Å². The lowest BCUT2D eigenvalue weighted by molar-refractivity contribution is 0.331. The molecule has 0 spiro atoms. The van der Waals surface area contributed by atoms with Crippen LogP contribution in [-0.4, -0.2) is 14.3 Å². The SMILES string of the molecule is CC1CCC(N[Si](C)(C)C)CC1. The second-order valence-corrected chi connectivity index (χ2v) is 10.1. The van der Waals surface area contributed by atoms with Crippen molar-refractivity contribution < 1.29 is 0 Å². The fourth-order valence-electron chi connectivity index (χ4n) is 2.02. The summed E-state index contributed by atoms with van der Waals surface area (Å²) in [6, 6.07) is 0.841. The van der Waals surface area contributed by atoms with Crippen LogP contribution in [0.3, 0.4) is 0 Å². The van der Waals surface area contributed by atoms with Gasteiger partial charge in [0.25, 0.3) is 0 Å². The van der Waals surface area contributed by atoms with Crippen LogP contribution in [0.4, 0.5) is 0 Å². The molecule has 1 saturated carbocycles. The number of hydrogen-bond acceptors (Lipinski definition) is 1. The molecule has 72 valence electrons. The van der Waals surface area contributed by atoms with E-state index in [0.717, 1.165) is 12.0 Å². The Kier molecular flexibility index (Phi) is 3.35. The van der Waals surface area contributed by atoms with Crippen molar-refractivity contribution in [1.82, 2.24) is 4.98 Å². The van der Waals surface area contributed by atoms with Crippen LogP contribution in [0.1, 0.15) is 32.6 Å². The summed E-state index contributed by atoms with van der Waals surface area (Å²) >= 11 is 0. The molecular formula is C10H23NSi. The lowest BCUT2D eigenvalue weighted by atomic mass is 9.88. The van der Waals surface area contributed by atoms with E-state index in [1.165, 1.54) is 25.7 Å². The zero-order valence-electron chi connectivity index (χ0n) is 8.98. The van der Waals surface area contributed by atoms with Crippen LogP contribution >= 0.6 is 0 Å². The summed E-state index contributed by atoms with van der Waals surface area (Å²) in [6.07, 6.45) is 5.68. The van der Waals surface area contributed by atoms with E-state index in [2.05, 4.69) is 31.5 Å². The molecule has 0 bridgehead atoms. The van der Waals surface area contributed by atoms with E-state index in [1.54, 1.807) is 0 Å². The van der Waals surface area contributed by atoms with E-state index >= 15 is 0 Å². The van der Waals surface area contributed by atoms with Crippen molar-refractivity contribution in [2.75, 3.05) is 0 Å². The van der Waals surface area contributed by atoms with Crippen molar-refractivity contribution in [3.63, 3.8) is 0 Å². The Bertz CT molecular complexity index is 131. The molecule has 0 radical (unpaired) electrons. The van der Waals surface area contributed by atoms with E-state index in [4.69, 9.17) is 0 Å². The van der Waals surface area contributed by atoms with Crippen LogP contribution < -0.4 is 4.98 Å². The maximum Gasteiger partial charge on any atom is 0.116 e. The van der Waals surface area contributed by atoms with Gasteiger partial charge in [-0.3, -0.25) is 0 Å². The average Bonchev–Trinajstić information content (AvgIpc) is 1.91. The van der Waals surface area contributed by atoms with Gasteiger partial charge in [0.2, 0.25) is 0 Å². The van der Waals surface area contributed by atoms with Crippen molar-refractivity contribution in [3.8, 4) is 0 Å². The molecule has 0 saturated heterocycles. The molecule has 1 aliphatic carbocycles. The Morgan fingerprint density at radius 1 is 1.00 bits per heavy atom. The first-order valence-corrected chi connectivity index (χ1v) is 8.75. The molecular weight excluding hydrogens is 162 g/mol. The van der Waals surface area contributed by atoms with Gasteiger partial charge in [0.05, 0.1) is 0 Å². The average molecular weight is 185 g/mol. The number of hydrogen-bond donors (Lipinski definition) is 1. The van der Waals surface area contributed by atoms with Gasteiger partial charge in [0.15, 0.2) is 0 Å². The zero-order valence-corrected chi connectivity index (χ0v) is 9.98. The van der Waals surface area contributed by atoms with Gasteiger partial charge >= 0.3 is 0 Å². The summed E-state index contributed by atoms with van der Waals surface area (Å²) in [6.45, 7) is 9.56. The molecule has 0 aliphatic heterocycles. The van der Waals surface area contributed by atoms with E-state index in [-0.39, 0.29) is 0 Å². The maximum absolute atomic E-state index is 3.82. The maximum atomic E-state index is 3.82.